The number of carbonyl (C=O) groups excluding carboxylic acids is 2. The lowest BCUT2D eigenvalue weighted by molar-refractivity contribution is -0.126. The molecule has 0 spiro atoms. The number of rotatable bonds is 3. The fourth-order valence-electron chi connectivity index (χ4n) is 1.70. The predicted molar refractivity (Wildman–Crippen MR) is 78.6 cm³/mol. The normalized spacial score (nSPS) is 21.4. The molecule has 4 nitrogen and oxygen atoms in total. The lowest BCUT2D eigenvalue weighted by Gasteiger charge is -2.21. The molecule has 0 saturated heterocycles. The molecule has 0 bridgehead atoms. The highest BCUT2D eigenvalue weighted by Gasteiger charge is 2.44. The van der Waals surface area contributed by atoms with Crippen LogP contribution in [0.1, 0.15) is 0 Å². The highest BCUT2D eigenvalue weighted by molar-refractivity contribution is 8.02. The SMILES string of the molecule is NC(=O)C1(C(=O)Nc2cc(Cl)cc(Cl)c2)C=CCS1. The van der Waals surface area contributed by atoms with Gasteiger partial charge in [-0.25, -0.2) is 0 Å². The molecular formula is C12H10Cl2N2O2S. The zero-order chi connectivity index (χ0) is 14.0. The molecule has 1 unspecified atom stereocenters. The van der Waals surface area contributed by atoms with Gasteiger partial charge in [0.25, 0.3) is 5.91 Å². The molecule has 1 heterocycles. The first-order chi connectivity index (χ1) is 8.94. The summed E-state index contributed by atoms with van der Waals surface area (Å²) in [6, 6.07) is 4.64. The van der Waals surface area contributed by atoms with Crippen molar-refractivity contribution in [2.75, 3.05) is 11.1 Å². The average Bonchev–Trinajstić information content (AvgIpc) is 2.77. The van der Waals surface area contributed by atoms with E-state index in [1.807, 2.05) is 0 Å². The van der Waals surface area contributed by atoms with Crippen molar-refractivity contribution in [2.45, 2.75) is 4.75 Å². The van der Waals surface area contributed by atoms with Gasteiger partial charge in [-0.1, -0.05) is 35.4 Å². The van der Waals surface area contributed by atoms with Gasteiger partial charge in [-0.05, 0) is 18.2 Å². The highest BCUT2D eigenvalue weighted by atomic mass is 35.5. The molecule has 1 atom stereocenters. The van der Waals surface area contributed by atoms with Gasteiger partial charge in [0.2, 0.25) is 5.91 Å². The monoisotopic (exact) mass is 316 g/mol. The summed E-state index contributed by atoms with van der Waals surface area (Å²) in [7, 11) is 0. The number of anilines is 1. The molecular weight excluding hydrogens is 307 g/mol. The Balaban J connectivity index is 2.25. The molecule has 0 radical (unpaired) electrons. The molecule has 0 fully saturated rings. The Labute approximate surface area is 124 Å². The summed E-state index contributed by atoms with van der Waals surface area (Å²) in [5, 5.41) is 3.39. The first-order valence-electron chi connectivity index (χ1n) is 5.33. The topological polar surface area (TPSA) is 72.2 Å². The molecule has 0 aliphatic carbocycles. The van der Waals surface area contributed by atoms with Crippen molar-refractivity contribution >= 4 is 52.5 Å². The van der Waals surface area contributed by atoms with Crippen LogP contribution in [0.4, 0.5) is 5.69 Å². The molecule has 3 N–H and O–H groups in total. The first-order valence-corrected chi connectivity index (χ1v) is 7.07. The Kier molecular flexibility index (Phi) is 4.08. The van der Waals surface area contributed by atoms with Crippen LogP contribution in [0.2, 0.25) is 10.0 Å². The maximum Gasteiger partial charge on any atom is 0.254 e. The van der Waals surface area contributed by atoms with Gasteiger partial charge in [0, 0.05) is 21.5 Å². The van der Waals surface area contributed by atoms with Crippen LogP contribution in [0.3, 0.4) is 0 Å². The van der Waals surface area contributed by atoms with Crippen LogP contribution < -0.4 is 11.1 Å². The van der Waals surface area contributed by atoms with Gasteiger partial charge in [0.15, 0.2) is 4.75 Å². The number of benzene rings is 1. The quantitative estimate of drug-likeness (QED) is 0.664. The van der Waals surface area contributed by atoms with Crippen molar-refractivity contribution in [3.05, 3.63) is 40.4 Å². The smallest absolute Gasteiger partial charge is 0.254 e. The maximum atomic E-state index is 12.2. The number of hydrogen-bond donors (Lipinski definition) is 2. The van der Waals surface area contributed by atoms with E-state index in [9.17, 15) is 9.59 Å². The molecule has 19 heavy (non-hydrogen) atoms. The second-order valence-corrected chi connectivity index (χ2v) is 6.06. The number of nitrogens with two attached hydrogens (primary N) is 1. The summed E-state index contributed by atoms with van der Waals surface area (Å²) in [6.07, 6.45) is 3.25. The molecule has 2 amide bonds. The van der Waals surface area contributed by atoms with Crippen molar-refractivity contribution in [3.8, 4) is 0 Å². The van der Waals surface area contributed by atoms with Gasteiger partial charge < -0.3 is 11.1 Å². The molecule has 2 rings (SSSR count). The molecule has 100 valence electrons. The second-order valence-electron chi connectivity index (χ2n) is 3.93. The lowest BCUT2D eigenvalue weighted by atomic mass is 10.1. The van der Waals surface area contributed by atoms with Gasteiger partial charge in [-0.3, -0.25) is 9.59 Å². The lowest BCUT2D eigenvalue weighted by Crippen LogP contribution is -2.48. The van der Waals surface area contributed by atoms with E-state index in [0.29, 0.717) is 21.5 Å². The fourth-order valence-corrected chi connectivity index (χ4v) is 3.20. The van der Waals surface area contributed by atoms with Crippen LogP contribution in [0.25, 0.3) is 0 Å². The second kappa shape index (κ2) is 5.45. The Bertz CT molecular complexity index is 557. The van der Waals surface area contributed by atoms with Gasteiger partial charge in [-0.2, -0.15) is 0 Å². The largest absolute Gasteiger partial charge is 0.368 e. The van der Waals surface area contributed by atoms with Gasteiger partial charge in [0.1, 0.15) is 0 Å². The van der Waals surface area contributed by atoms with Crippen LogP contribution in [-0.2, 0) is 9.59 Å². The summed E-state index contributed by atoms with van der Waals surface area (Å²) in [5.74, 6) is -0.638. The minimum atomic E-state index is -1.37. The van der Waals surface area contributed by atoms with E-state index in [1.54, 1.807) is 24.3 Å². The number of nitrogens with one attached hydrogen (secondary N) is 1. The molecule has 1 aromatic rings. The Morgan fingerprint density at radius 1 is 1.26 bits per heavy atom. The minimum Gasteiger partial charge on any atom is -0.368 e. The van der Waals surface area contributed by atoms with Crippen LogP contribution in [0, 0.1) is 0 Å². The van der Waals surface area contributed by atoms with Gasteiger partial charge >= 0.3 is 0 Å². The third kappa shape index (κ3) is 2.88. The zero-order valence-corrected chi connectivity index (χ0v) is 12.0. The molecule has 1 aliphatic rings. The van der Waals surface area contributed by atoms with Crippen molar-refractivity contribution in [2.24, 2.45) is 5.73 Å². The number of halogens is 2. The van der Waals surface area contributed by atoms with E-state index in [-0.39, 0.29) is 0 Å². The number of carbonyl (C=O) groups is 2. The maximum absolute atomic E-state index is 12.2. The minimum absolute atomic E-state index is 0.394. The third-order valence-electron chi connectivity index (χ3n) is 2.58. The highest BCUT2D eigenvalue weighted by Crippen LogP contribution is 2.34. The van der Waals surface area contributed by atoms with E-state index in [4.69, 9.17) is 28.9 Å². The predicted octanol–water partition coefficient (Wildman–Crippen LogP) is 2.46. The standard InChI is InChI=1S/C12H10Cl2N2O2S/c13-7-4-8(14)6-9(5-7)16-11(18)12(10(15)17)2-1-3-19-12/h1-2,4-6H,3H2,(H2,15,17)(H,16,18). The number of primary amides is 1. The summed E-state index contributed by atoms with van der Waals surface area (Å²) >= 11 is 12.9. The number of hydrogen-bond acceptors (Lipinski definition) is 3. The molecule has 7 heteroatoms. The Hall–Kier alpha value is -1.17. The third-order valence-corrected chi connectivity index (χ3v) is 4.36. The molecule has 1 aliphatic heterocycles. The van der Waals surface area contributed by atoms with E-state index < -0.39 is 16.6 Å². The van der Waals surface area contributed by atoms with Crippen molar-refractivity contribution in [1.82, 2.24) is 0 Å². The fraction of sp³-hybridized carbons (Fsp3) is 0.167. The Morgan fingerprint density at radius 2 is 1.89 bits per heavy atom. The zero-order valence-electron chi connectivity index (χ0n) is 9.65. The average molecular weight is 317 g/mol. The van der Waals surface area contributed by atoms with Gasteiger partial charge in [-0.15, -0.1) is 11.8 Å². The number of amides is 2. The molecule has 0 aromatic heterocycles. The van der Waals surface area contributed by atoms with Crippen LogP contribution in [0.15, 0.2) is 30.4 Å². The van der Waals surface area contributed by atoms with Crippen LogP contribution in [0.5, 0.6) is 0 Å². The molecule has 1 aromatic carbocycles. The van der Waals surface area contributed by atoms with Crippen molar-refractivity contribution in [1.29, 1.82) is 0 Å². The van der Waals surface area contributed by atoms with Crippen molar-refractivity contribution in [3.63, 3.8) is 0 Å². The summed E-state index contributed by atoms with van der Waals surface area (Å²) in [5.41, 5.74) is 5.74. The van der Waals surface area contributed by atoms with Crippen molar-refractivity contribution < 1.29 is 9.59 Å². The number of thioether (sulfide) groups is 1. The van der Waals surface area contributed by atoms with Gasteiger partial charge in [0.05, 0.1) is 0 Å². The van der Waals surface area contributed by atoms with E-state index in [2.05, 4.69) is 5.32 Å². The Morgan fingerprint density at radius 3 is 2.37 bits per heavy atom. The van der Waals surface area contributed by atoms with E-state index in [1.165, 1.54) is 17.8 Å². The van der Waals surface area contributed by atoms with Crippen LogP contribution >= 0.6 is 35.0 Å². The van der Waals surface area contributed by atoms with Crippen LogP contribution in [-0.4, -0.2) is 22.3 Å². The van der Waals surface area contributed by atoms with E-state index in [0.717, 1.165) is 0 Å². The first kappa shape index (κ1) is 14.2. The van der Waals surface area contributed by atoms with E-state index >= 15 is 0 Å². The summed E-state index contributed by atoms with van der Waals surface area (Å²) < 4.78 is -1.37. The summed E-state index contributed by atoms with van der Waals surface area (Å²) in [4.78, 5) is 23.8. The molecule has 0 saturated carbocycles. The summed E-state index contributed by atoms with van der Waals surface area (Å²) in [6.45, 7) is 0.